The number of carboxylic acids is 4. The summed E-state index contributed by atoms with van der Waals surface area (Å²) in [5.74, 6) is -9.36. The number of aliphatic carboxylic acids is 4. The lowest BCUT2D eigenvalue weighted by molar-refractivity contribution is -0.140. The molecule has 0 aliphatic heterocycles. The van der Waals surface area contributed by atoms with Gasteiger partial charge in [0, 0.05) is 34.9 Å². The van der Waals surface area contributed by atoms with Crippen LogP contribution in [0.5, 0.6) is 5.75 Å². The van der Waals surface area contributed by atoms with Crippen molar-refractivity contribution in [2.75, 3.05) is 30.3 Å². The van der Waals surface area contributed by atoms with Gasteiger partial charge < -0.3 is 64.0 Å². The highest BCUT2D eigenvalue weighted by molar-refractivity contribution is 8.00. The number of anilines is 1. The highest BCUT2D eigenvalue weighted by Gasteiger charge is 2.25. The van der Waals surface area contributed by atoms with Crippen molar-refractivity contribution >= 4 is 76.7 Å². The van der Waals surface area contributed by atoms with Crippen LogP contribution in [0, 0.1) is 0 Å². The monoisotopic (exact) mass is 719 g/mol. The fraction of sp³-hybridized carbons (Fsp3) is 0.462. The molecule has 266 valence electrons. The van der Waals surface area contributed by atoms with Gasteiger partial charge in [-0.15, -0.1) is 23.5 Å². The summed E-state index contributed by atoms with van der Waals surface area (Å²) >= 11 is 1.76. The molecule has 0 bridgehead atoms. The van der Waals surface area contributed by atoms with Crippen LogP contribution in [0.2, 0.25) is 0 Å². The van der Waals surface area contributed by atoms with Crippen molar-refractivity contribution in [3.63, 3.8) is 0 Å². The molecule has 1 rings (SSSR count). The van der Waals surface area contributed by atoms with Gasteiger partial charge in [0.25, 0.3) is 0 Å². The van der Waals surface area contributed by atoms with E-state index >= 15 is 0 Å². The molecule has 48 heavy (non-hydrogen) atoms. The summed E-state index contributed by atoms with van der Waals surface area (Å²) in [7, 11) is 0. The van der Waals surface area contributed by atoms with Crippen LogP contribution in [0.15, 0.2) is 21.9 Å². The van der Waals surface area contributed by atoms with E-state index in [1.54, 1.807) is 0 Å². The lowest BCUT2D eigenvalue weighted by Crippen LogP contribution is -2.49. The Hall–Kier alpha value is -4.80. The Kier molecular flexibility index (Phi) is 17.6. The zero-order valence-corrected chi connectivity index (χ0v) is 26.8. The van der Waals surface area contributed by atoms with E-state index < -0.39 is 84.8 Å². The number of nitrogens with one attached hydrogen (secondary N) is 4. The van der Waals surface area contributed by atoms with Crippen LogP contribution in [0.3, 0.4) is 0 Å². The van der Waals surface area contributed by atoms with E-state index in [1.807, 2.05) is 0 Å². The minimum atomic E-state index is -1.35. The van der Waals surface area contributed by atoms with Crippen LogP contribution >= 0.6 is 23.5 Å². The number of benzene rings is 1. The van der Waals surface area contributed by atoms with Crippen molar-refractivity contribution in [2.45, 2.75) is 59.6 Å². The normalized spacial score (nSPS) is 13.2. The fourth-order valence-corrected chi connectivity index (χ4v) is 5.44. The summed E-state index contributed by atoms with van der Waals surface area (Å²) in [4.78, 5) is 93.9. The van der Waals surface area contributed by atoms with E-state index in [-0.39, 0.29) is 58.4 Å². The number of thioether (sulfide) groups is 2. The number of carbonyl (C=O) groups excluding carboxylic acids is 4. The van der Waals surface area contributed by atoms with Crippen LogP contribution < -0.4 is 38.5 Å². The lowest BCUT2D eigenvalue weighted by Gasteiger charge is -2.20. The Morgan fingerprint density at radius 2 is 1.06 bits per heavy atom. The van der Waals surface area contributed by atoms with Crippen molar-refractivity contribution in [1.82, 2.24) is 21.3 Å². The molecule has 0 aliphatic rings. The van der Waals surface area contributed by atoms with Crippen LogP contribution in [0.25, 0.3) is 0 Å². The summed E-state index contributed by atoms with van der Waals surface area (Å²) in [6, 6.07) is -2.75. The van der Waals surface area contributed by atoms with Gasteiger partial charge in [0.05, 0.1) is 4.90 Å². The van der Waals surface area contributed by atoms with Crippen molar-refractivity contribution in [1.29, 1.82) is 0 Å². The van der Waals surface area contributed by atoms with Crippen molar-refractivity contribution in [2.24, 2.45) is 11.5 Å². The Labute approximate surface area is 280 Å². The molecule has 0 radical (unpaired) electrons. The fourth-order valence-electron chi connectivity index (χ4n) is 3.44. The number of aromatic hydroxyl groups is 1. The molecule has 0 aliphatic carbocycles. The molecule has 4 amide bonds. The number of phenols is 1. The quantitative estimate of drug-likeness (QED) is 0.0321. The van der Waals surface area contributed by atoms with Crippen molar-refractivity contribution < 1.29 is 63.9 Å². The smallest absolute Gasteiger partial charge is 0.322 e. The maximum atomic E-state index is 12.6. The van der Waals surface area contributed by atoms with E-state index in [9.17, 15) is 43.5 Å². The third-order valence-electron chi connectivity index (χ3n) is 6.03. The average Bonchev–Trinajstić information content (AvgIpc) is 3.01. The molecule has 1 aromatic rings. The summed E-state index contributed by atoms with van der Waals surface area (Å²) in [5, 5.41) is 55.2. The molecule has 0 saturated carbocycles. The third-order valence-corrected chi connectivity index (χ3v) is 8.34. The SMILES string of the molecule is Nc1cc(SC[C@@H](NC(=O)CC[C@H](N)C(=O)O)C(=O)NCC(=O)O)c(O)cc1SC[C@@H](NC(=O)CC[C@H](N)C(=O)O)C(=O)NCC(=O)O. The number of phenolic OH excluding ortho intramolecular Hbond substituents is 1. The second-order valence-corrected chi connectivity index (χ2v) is 12.0. The molecule has 0 aromatic heterocycles. The summed E-state index contributed by atoms with van der Waals surface area (Å²) in [6.07, 6.45) is -1.17. The summed E-state index contributed by atoms with van der Waals surface area (Å²) in [6.45, 7) is -1.50. The molecule has 1 aromatic carbocycles. The predicted octanol–water partition coefficient (Wildman–Crippen LogP) is -3.09. The molecule has 22 heteroatoms. The molecular formula is C26H37N7O13S2. The van der Waals surface area contributed by atoms with E-state index in [1.165, 1.54) is 12.1 Å². The first-order valence-electron chi connectivity index (χ1n) is 13.8. The van der Waals surface area contributed by atoms with Gasteiger partial charge in [-0.3, -0.25) is 38.4 Å². The zero-order chi connectivity index (χ0) is 36.6. The zero-order valence-electron chi connectivity index (χ0n) is 25.2. The van der Waals surface area contributed by atoms with Gasteiger partial charge in [-0.1, -0.05) is 0 Å². The second kappa shape index (κ2) is 20.4. The molecule has 0 spiro atoms. The minimum absolute atomic E-state index is 0.0716. The first kappa shape index (κ1) is 41.2. The van der Waals surface area contributed by atoms with Gasteiger partial charge in [-0.2, -0.15) is 0 Å². The Balaban J connectivity index is 3.03. The van der Waals surface area contributed by atoms with Gasteiger partial charge in [0.15, 0.2) is 0 Å². The number of carbonyl (C=O) groups is 8. The molecule has 0 unspecified atom stereocenters. The standard InChI is InChI=1S/C26H37N7O13S2/c27-11(25(43)44)1-3-19(35)32-14(23(41)30-7-21(37)38)9-47-17-6-16(34)18(5-13(17)29)48-10-15(24(42)31-8-22(39)40)33-20(36)4-2-12(28)26(45)46/h5-6,11-12,14-15,34H,1-4,7-10,27-29H2,(H,30,41)(H,31,42)(H,32,35)(H,33,36)(H,37,38)(H,39,40)(H,43,44)(H,45,46)/t11-,12-,14+,15+/m0/s1. The largest absolute Gasteiger partial charge is 0.507 e. The van der Waals surface area contributed by atoms with Gasteiger partial charge in [-0.25, -0.2) is 0 Å². The van der Waals surface area contributed by atoms with Crippen LogP contribution in [-0.4, -0.2) is 122 Å². The maximum Gasteiger partial charge on any atom is 0.322 e. The first-order valence-corrected chi connectivity index (χ1v) is 15.8. The van der Waals surface area contributed by atoms with Crippen molar-refractivity contribution in [3.05, 3.63) is 12.1 Å². The Bertz CT molecular complexity index is 1280. The van der Waals surface area contributed by atoms with Gasteiger partial charge in [0.2, 0.25) is 23.6 Å². The first-order chi connectivity index (χ1) is 22.4. The number of rotatable bonds is 22. The minimum Gasteiger partial charge on any atom is -0.507 e. The van der Waals surface area contributed by atoms with Crippen LogP contribution in [-0.2, 0) is 38.4 Å². The van der Waals surface area contributed by atoms with Gasteiger partial charge in [-0.05, 0) is 25.0 Å². The van der Waals surface area contributed by atoms with E-state index in [4.69, 9.17) is 37.6 Å². The topological polar surface area (TPSA) is 364 Å². The number of carboxylic acid groups (broad SMARTS) is 4. The summed E-state index contributed by atoms with van der Waals surface area (Å²) in [5.41, 5.74) is 17.0. The molecule has 0 saturated heterocycles. The number of nitrogen functional groups attached to an aromatic ring is 1. The number of amides is 4. The van der Waals surface area contributed by atoms with Crippen LogP contribution in [0.4, 0.5) is 5.69 Å². The number of nitrogens with two attached hydrogens (primary N) is 3. The van der Waals surface area contributed by atoms with E-state index in [0.29, 0.717) is 0 Å². The van der Waals surface area contributed by atoms with Crippen LogP contribution in [0.1, 0.15) is 25.7 Å². The Morgan fingerprint density at radius 3 is 1.44 bits per heavy atom. The number of hydrogen-bond donors (Lipinski definition) is 12. The molecule has 15 N–H and O–H groups in total. The highest BCUT2D eigenvalue weighted by atomic mass is 32.2. The molecular weight excluding hydrogens is 682 g/mol. The number of hydrogen-bond acceptors (Lipinski definition) is 14. The molecule has 0 fully saturated rings. The maximum absolute atomic E-state index is 12.6. The van der Waals surface area contributed by atoms with Gasteiger partial charge in [0.1, 0.15) is 43.0 Å². The molecule has 4 atom stereocenters. The van der Waals surface area contributed by atoms with Crippen molar-refractivity contribution in [3.8, 4) is 5.75 Å². The lowest BCUT2D eigenvalue weighted by atomic mass is 10.1. The third kappa shape index (κ3) is 15.7. The van der Waals surface area contributed by atoms with Gasteiger partial charge >= 0.3 is 23.9 Å². The summed E-state index contributed by atoms with van der Waals surface area (Å²) < 4.78 is 0. The van der Waals surface area contributed by atoms with E-state index in [0.717, 1.165) is 23.5 Å². The Morgan fingerprint density at radius 1 is 0.667 bits per heavy atom. The predicted molar refractivity (Wildman–Crippen MR) is 169 cm³/mol. The molecule has 20 nitrogen and oxygen atoms in total. The highest BCUT2D eigenvalue weighted by Crippen LogP contribution is 2.37. The average molecular weight is 720 g/mol. The molecule has 0 heterocycles. The van der Waals surface area contributed by atoms with E-state index in [2.05, 4.69) is 21.3 Å². The second-order valence-electron chi connectivity index (χ2n) is 9.91.